The van der Waals surface area contributed by atoms with Crippen LogP contribution in [0.4, 0.5) is 0 Å². The molecule has 0 saturated carbocycles. The molecular formula is C32H32NO10P. The Kier molecular flexibility index (Phi) is 11.6. The third kappa shape index (κ3) is 10.6. The molecule has 0 aromatic heterocycles. The van der Waals surface area contributed by atoms with Crippen LogP contribution in [0.1, 0.15) is 23.1 Å². The van der Waals surface area contributed by atoms with E-state index in [9.17, 15) is 19.0 Å². The number of carboxylic acids is 1. The Labute approximate surface area is 254 Å². The first kappa shape index (κ1) is 32.4. The first-order chi connectivity index (χ1) is 21.2. The number of hydrogen-bond donors (Lipinski definition) is 3. The fourth-order valence-corrected chi connectivity index (χ4v) is 4.63. The first-order valence-corrected chi connectivity index (χ1v) is 15.1. The zero-order valence-electron chi connectivity index (χ0n) is 23.6. The number of aliphatic carboxylic acids is 1. The predicted molar refractivity (Wildman–Crippen MR) is 160 cm³/mol. The second-order valence-corrected chi connectivity index (χ2v) is 11.0. The zero-order valence-corrected chi connectivity index (χ0v) is 24.5. The van der Waals surface area contributed by atoms with Crippen molar-refractivity contribution in [3.8, 4) is 23.0 Å². The Bertz CT molecular complexity index is 1600. The maximum atomic E-state index is 12.6. The average molecular weight is 622 g/mol. The Hall–Kier alpha value is -4.51. The Balaban J connectivity index is 1.26. The topological polar surface area (TPSA) is 164 Å². The lowest BCUT2D eigenvalue weighted by atomic mass is 10.1. The quantitative estimate of drug-likeness (QED) is 0.0806. The average Bonchev–Trinajstić information content (AvgIpc) is 3.02. The maximum absolute atomic E-state index is 12.6. The van der Waals surface area contributed by atoms with E-state index < -0.39 is 32.4 Å². The number of hydrogen-bond acceptors (Lipinski definition) is 9. The van der Waals surface area contributed by atoms with Crippen molar-refractivity contribution < 1.29 is 47.4 Å². The highest BCUT2D eigenvalue weighted by Crippen LogP contribution is 2.44. The molecule has 0 aliphatic heterocycles. The lowest BCUT2D eigenvalue weighted by molar-refractivity contribution is -0.139. The number of rotatable bonds is 16. The number of nitrogens with two attached hydrogens (primary N) is 1. The number of carboxylic acid groups (broad SMARTS) is 1. The minimum atomic E-state index is -4.56. The van der Waals surface area contributed by atoms with Crippen molar-refractivity contribution in [2.45, 2.75) is 32.1 Å². The van der Waals surface area contributed by atoms with Gasteiger partial charge in [-0.2, -0.15) is 0 Å². The fraction of sp³-hybridized carbons (Fsp3) is 0.188. The van der Waals surface area contributed by atoms with Crippen molar-refractivity contribution in [2.24, 2.45) is 5.73 Å². The summed E-state index contributed by atoms with van der Waals surface area (Å²) < 4.78 is 38.9. The number of esters is 1. The van der Waals surface area contributed by atoms with Gasteiger partial charge in [0.1, 0.15) is 35.6 Å². The number of carbonyl (C=O) groups excluding carboxylic acids is 1. The number of benzene rings is 4. The molecule has 230 valence electrons. The molecule has 1 unspecified atom stereocenters. The molecule has 0 radical (unpaired) electrons. The molecule has 0 saturated heterocycles. The second-order valence-electron chi connectivity index (χ2n) is 9.56. The van der Waals surface area contributed by atoms with E-state index in [1.807, 2.05) is 78.9 Å². The zero-order chi connectivity index (χ0) is 31.4. The molecule has 0 aliphatic rings. The first-order valence-electron chi connectivity index (χ1n) is 13.6. The minimum absolute atomic E-state index is 0.0744. The Morgan fingerprint density at radius 3 is 2.16 bits per heavy atom. The van der Waals surface area contributed by atoms with Gasteiger partial charge in [0.2, 0.25) is 0 Å². The summed E-state index contributed by atoms with van der Waals surface area (Å²) in [6.07, 6.45) is 0.448. The second kappa shape index (κ2) is 15.8. The highest BCUT2D eigenvalue weighted by molar-refractivity contribution is 7.47. The van der Waals surface area contributed by atoms with Gasteiger partial charge in [0.05, 0.1) is 19.6 Å². The predicted octanol–water partition coefficient (Wildman–Crippen LogP) is 5.64. The van der Waals surface area contributed by atoms with Crippen molar-refractivity contribution >= 4 is 19.8 Å². The third-order valence-electron chi connectivity index (χ3n) is 6.10. The van der Waals surface area contributed by atoms with Crippen LogP contribution in [0, 0.1) is 0 Å². The van der Waals surface area contributed by atoms with E-state index in [1.165, 1.54) is 6.07 Å². The lowest BCUT2D eigenvalue weighted by Gasteiger charge is -2.14. The van der Waals surface area contributed by atoms with Gasteiger partial charge >= 0.3 is 19.8 Å². The van der Waals surface area contributed by atoms with Crippen molar-refractivity contribution in [1.82, 2.24) is 0 Å². The molecule has 11 nitrogen and oxygen atoms in total. The van der Waals surface area contributed by atoms with Gasteiger partial charge in [-0.1, -0.05) is 60.7 Å². The fourth-order valence-electron chi connectivity index (χ4n) is 3.89. The van der Waals surface area contributed by atoms with Gasteiger partial charge in [-0.15, -0.1) is 0 Å². The summed E-state index contributed by atoms with van der Waals surface area (Å²) in [6, 6.07) is 29.3. The van der Waals surface area contributed by atoms with E-state index in [2.05, 4.69) is 4.52 Å². The molecule has 2 atom stereocenters. The molecular weight excluding hydrogens is 589 g/mol. The number of phosphoric ester groups is 1. The van der Waals surface area contributed by atoms with Crippen LogP contribution < -0.4 is 19.9 Å². The summed E-state index contributed by atoms with van der Waals surface area (Å²) in [5.41, 5.74) is 7.44. The number of para-hydroxylation sites is 2. The summed E-state index contributed by atoms with van der Waals surface area (Å²) >= 11 is 0. The number of ether oxygens (including phenoxy) is 3. The van der Waals surface area contributed by atoms with Gasteiger partial charge in [-0.05, 0) is 65.6 Å². The third-order valence-corrected chi connectivity index (χ3v) is 7.03. The summed E-state index contributed by atoms with van der Waals surface area (Å²) in [5.74, 6) is 0.440. The van der Waals surface area contributed by atoms with Gasteiger partial charge in [0, 0.05) is 0 Å². The van der Waals surface area contributed by atoms with Crippen LogP contribution in [-0.4, -0.2) is 34.6 Å². The standard InChI is InChI=1S/C32H32NO10P/c33-29(32(35)36)22-41-44(37,38)40-21-24-9-7-14-28(19-24)43-31(34)17-16-25-10-4-5-15-30(25)39-20-23-8-6-13-27(18-23)42-26-11-2-1-3-12-26/h1-15,18-19,29H,16-17,20-22,33H2,(H,35,36)(H,37,38)/t29-/m0/s1. The molecule has 0 aliphatic carbocycles. The van der Waals surface area contributed by atoms with Gasteiger partial charge in [-0.25, -0.2) is 4.57 Å². The van der Waals surface area contributed by atoms with Crippen LogP contribution in [0.5, 0.6) is 23.0 Å². The Morgan fingerprint density at radius 1 is 0.773 bits per heavy atom. The highest BCUT2D eigenvalue weighted by Gasteiger charge is 2.24. The lowest BCUT2D eigenvalue weighted by Crippen LogP contribution is -2.34. The van der Waals surface area contributed by atoms with E-state index in [0.717, 1.165) is 16.9 Å². The minimum Gasteiger partial charge on any atom is -0.489 e. The molecule has 0 heterocycles. The highest BCUT2D eigenvalue weighted by atomic mass is 31.2. The van der Waals surface area contributed by atoms with Crippen molar-refractivity contribution in [3.05, 3.63) is 120 Å². The molecule has 0 amide bonds. The molecule has 0 spiro atoms. The molecule has 0 bridgehead atoms. The van der Waals surface area contributed by atoms with E-state index in [0.29, 0.717) is 30.1 Å². The number of carbonyl (C=O) groups is 2. The summed E-state index contributed by atoms with van der Waals surface area (Å²) in [7, 11) is -4.56. The molecule has 4 aromatic rings. The van der Waals surface area contributed by atoms with Gasteiger partial charge in [-0.3, -0.25) is 18.6 Å². The van der Waals surface area contributed by atoms with E-state index in [-0.39, 0.29) is 18.8 Å². The summed E-state index contributed by atoms with van der Waals surface area (Å²) in [6.45, 7) is -0.750. The van der Waals surface area contributed by atoms with E-state index in [4.69, 9.17) is 29.6 Å². The normalized spacial score (nSPS) is 13.0. The molecule has 0 fully saturated rings. The Morgan fingerprint density at radius 2 is 1.41 bits per heavy atom. The molecule has 4 rings (SSSR count). The molecule has 4 N–H and O–H groups in total. The van der Waals surface area contributed by atoms with Crippen LogP contribution in [-0.2, 0) is 42.8 Å². The number of phosphoric acid groups is 1. The van der Waals surface area contributed by atoms with Crippen molar-refractivity contribution in [3.63, 3.8) is 0 Å². The molecule has 12 heteroatoms. The molecule has 44 heavy (non-hydrogen) atoms. The van der Waals surface area contributed by atoms with Gasteiger partial charge < -0.3 is 29.9 Å². The van der Waals surface area contributed by atoms with Gasteiger partial charge in [0.15, 0.2) is 0 Å². The monoisotopic (exact) mass is 621 g/mol. The van der Waals surface area contributed by atoms with Crippen LogP contribution in [0.2, 0.25) is 0 Å². The number of aryl methyl sites for hydroxylation is 1. The van der Waals surface area contributed by atoms with Crippen LogP contribution in [0.15, 0.2) is 103 Å². The SMILES string of the molecule is N[C@@H](COP(=O)(O)OCc1cccc(OC(=O)CCc2ccccc2OCc2cccc(Oc3ccccc3)c2)c1)C(=O)O. The van der Waals surface area contributed by atoms with E-state index >= 15 is 0 Å². The van der Waals surface area contributed by atoms with Crippen LogP contribution >= 0.6 is 7.82 Å². The largest absolute Gasteiger partial charge is 0.489 e. The van der Waals surface area contributed by atoms with Crippen LogP contribution in [0.3, 0.4) is 0 Å². The summed E-state index contributed by atoms with van der Waals surface area (Å²) in [4.78, 5) is 33.1. The van der Waals surface area contributed by atoms with Crippen molar-refractivity contribution in [1.29, 1.82) is 0 Å². The molecule has 4 aromatic carbocycles. The summed E-state index contributed by atoms with van der Waals surface area (Å²) in [5, 5.41) is 8.75. The smallest absolute Gasteiger partial charge is 0.472 e. The van der Waals surface area contributed by atoms with Gasteiger partial charge in [0.25, 0.3) is 0 Å². The maximum Gasteiger partial charge on any atom is 0.472 e. The van der Waals surface area contributed by atoms with E-state index in [1.54, 1.807) is 18.2 Å². The van der Waals surface area contributed by atoms with Crippen LogP contribution in [0.25, 0.3) is 0 Å². The van der Waals surface area contributed by atoms with Crippen molar-refractivity contribution in [2.75, 3.05) is 6.61 Å².